The van der Waals surface area contributed by atoms with Crippen LogP contribution in [-0.2, 0) is 4.79 Å². The Morgan fingerprint density at radius 3 is 2.41 bits per heavy atom. The van der Waals surface area contributed by atoms with Crippen molar-refractivity contribution in [2.24, 2.45) is 11.3 Å². The summed E-state index contributed by atoms with van der Waals surface area (Å²) >= 11 is 0. The fourth-order valence-corrected chi connectivity index (χ4v) is 2.24. The molecule has 96 valence electrons. The van der Waals surface area contributed by atoms with E-state index in [1.807, 2.05) is 0 Å². The van der Waals surface area contributed by atoms with Crippen LogP contribution < -0.4 is 10.6 Å². The number of carbonyl (C=O) groups excluding carboxylic acids is 1. The molecular weight excluding hydrogens is 224 g/mol. The fourth-order valence-electron chi connectivity index (χ4n) is 2.24. The minimum Gasteiger partial charge on any atom is -0.480 e. The van der Waals surface area contributed by atoms with Crippen molar-refractivity contribution in [3.8, 4) is 0 Å². The van der Waals surface area contributed by atoms with E-state index >= 15 is 0 Å². The van der Waals surface area contributed by atoms with Gasteiger partial charge in [0.1, 0.15) is 0 Å². The van der Waals surface area contributed by atoms with Crippen molar-refractivity contribution in [1.82, 2.24) is 10.6 Å². The van der Waals surface area contributed by atoms with Crippen molar-refractivity contribution in [1.29, 1.82) is 0 Å². The molecule has 0 radical (unpaired) electrons. The second-order valence-corrected chi connectivity index (χ2v) is 5.04. The van der Waals surface area contributed by atoms with Crippen molar-refractivity contribution < 1.29 is 19.8 Å². The molecule has 0 unspecified atom stereocenters. The quantitative estimate of drug-likeness (QED) is 0.523. The summed E-state index contributed by atoms with van der Waals surface area (Å²) in [5.41, 5.74) is 0.287. The van der Waals surface area contributed by atoms with E-state index in [0.29, 0.717) is 6.54 Å². The smallest absolute Gasteiger partial charge is 0.328 e. The van der Waals surface area contributed by atoms with Crippen molar-refractivity contribution in [3.63, 3.8) is 0 Å². The normalized spacial score (nSPS) is 22.6. The number of nitrogens with one attached hydrogen (secondary N) is 2. The minimum absolute atomic E-state index is 0.287. The van der Waals surface area contributed by atoms with Gasteiger partial charge in [0, 0.05) is 6.54 Å². The Morgan fingerprint density at radius 1 is 1.35 bits per heavy atom. The number of aliphatic hydroxyl groups is 1. The Bertz CT molecular complexity index is 323. The molecule has 2 aliphatic carbocycles. The van der Waals surface area contributed by atoms with E-state index in [1.54, 1.807) is 0 Å². The van der Waals surface area contributed by atoms with Crippen LogP contribution in [0.15, 0.2) is 0 Å². The summed E-state index contributed by atoms with van der Waals surface area (Å²) in [5, 5.41) is 22.3. The zero-order valence-electron chi connectivity index (χ0n) is 9.61. The highest BCUT2D eigenvalue weighted by atomic mass is 16.4. The maximum absolute atomic E-state index is 11.4. The standard InChI is InChI=1S/C11H18N2O4/c14-5-8(9(15)16)13-10(17)12-6-11(3-4-11)7-1-2-7/h7-8,14H,1-6H2,(H,15,16)(H2,12,13,17)/t8-/m0/s1. The van der Waals surface area contributed by atoms with E-state index in [1.165, 1.54) is 12.8 Å². The summed E-state index contributed by atoms with van der Waals surface area (Å²) in [6.45, 7) is 0.0117. The molecule has 6 nitrogen and oxygen atoms in total. The Morgan fingerprint density at radius 2 is 2.00 bits per heavy atom. The summed E-state index contributed by atoms with van der Waals surface area (Å²) in [7, 11) is 0. The van der Waals surface area contributed by atoms with E-state index in [2.05, 4.69) is 10.6 Å². The molecule has 1 atom stereocenters. The third kappa shape index (κ3) is 2.88. The molecule has 2 rings (SSSR count). The van der Waals surface area contributed by atoms with Gasteiger partial charge in [0.05, 0.1) is 6.61 Å². The molecule has 17 heavy (non-hydrogen) atoms. The molecule has 2 amide bonds. The lowest BCUT2D eigenvalue weighted by Crippen LogP contribution is -2.49. The summed E-state index contributed by atoms with van der Waals surface area (Å²) in [6, 6.07) is -1.75. The van der Waals surface area contributed by atoms with E-state index in [-0.39, 0.29) is 5.41 Å². The van der Waals surface area contributed by atoms with Gasteiger partial charge >= 0.3 is 12.0 Å². The maximum atomic E-state index is 11.4. The Hall–Kier alpha value is -1.30. The van der Waals surface area contributed by atoms with Crippen molar-refractivity contribution in [2.75, 3.05) is 13.2 Å². The van der Waals surface area contributed by atoms with Crippen LogP contribution in [-0.4, -0.2) is 41.4 Å². The molecule has 4 N–H and O–H groups in total. The highest BCUT2D eigenvalue weighted by molar-refractivity contribution is 5.82. The van der Waals surface area contributed by atoms with Crippen LogP contribution in [0.25, 0.3) is 0 Å². The van der Waals surface area contributed by atoms with E-state index in [9.17, 15) is 9.59 Å². The van der Waals surface area contributed by atoms with Gasteiger partial charge in [0.2, 0.25) is 0 Å². The second kappa shape index (κ2) is 4.52. The Balaban J connectivity index is 1.72. The lowest BCUT2D eigenvalue weighted by Gasteiger charge is -2.17. The van der Waals surface area contributed by atoms with Crippen LogP contribution in [0.3, 0.4) is 0 Å². The maximum Gasteiger partial charge on any atom is 0.328 e. The number of carboxylic acids is 1. The van der Waals surface area contributed by atoms with Gasteiger partial charge in [0.25, 0.3) is 0 Å². The predicted octanol–water partition coefficient (Wildman–Crippen LogP) is -0.0787. The number of amides is 2. The molecule has 0 saturated heterocycles. The number of urea groups is 1. The Labute approximate surface area is 99.4 Å². The zero-order valence-corrected chi connectivity index (χ0v) is 9.61. The average Bonchev–Trinajstić information content (AvgIpc) is 3.15. The molecule has 2 fully saturated rings. The van der Waals surface area contributed by atoms with Crippen LogP contribution in [0.5, 0.6) is 0 Å². The number of aliphatic carboxylic acids is 1. The lowest BCUT2D eigenvalue weighted by atomic mass is 10.0. The lowest BCUT2D eigenvalue weighted by molar-refractivity contribution is -0.140. The number of hydrogen-bond donors (Lipinski definition) is 4. The van der Waals surface area contributed by atoms with E-state index < -0.39 is 24.6 Å². The molecule has 2 saturated carbocycles. The van der Waals surface area contributed by atoms with Gasteiger partial charge in [-0.2, -0.15) is 0 Å². The highest BCUT2D eigenvalue weighted by Crippen LogP contribution is 2.60. The predicted molar refractivity (Wildman–Crippen MR) is 59.4 cm³/mol. The second-order valence-electron chi connectivity index (χ2n) is 5.04. The summed E-state index contributed by atoms with van der Waals surface area (Å²) in [6.07, 6.45) is 4.80. The van der Waals surface area contributed by atoms with Gasteiger partial charge in [-0.3, -0.25) is 0 Å². The molecule has 0 aromatic rings. The van der Waals surface area contributed by atoms with Crippen LogP contribution in [0, 0.1) is 11.3 Å². The first-order valence-corrected chi connectivity index (χ1v) is 5.95. The van der Waals surface area contributed by atoms with Crippen molar-refractivity contribution in [3.05, 3.63) is 0 Å². The zero-order chi connectivity index (χ0) is 12.5. The van der Waals surface area contributed by atoms with E-state index in [4.69, 9.17) is 10.2 Å². The number of carbonyl (C=O) groups is 2. The first-order valence-electron chi connectivity index (χ1n) is 5.95. The van der Waals surface area contributed by atoms with Crippen LogP contribution >= 0.6 is 0 Å². The Kier molecular flexibility index (Phi) is 3.24. The molecule has 0 aliphatic heterocycles. The molecule has 2 aliphatic rings. The number of rotatable bonds is 6. The first-order chi connectivity index (χ1) is 8.07. The number of carboxylic acid groups (broad SMARTS) is 1. The van der Waals surface area contributed by atoms with Gasteiger partial charge in [-0.15, -0.1) is 0 Å². The van der Waals surface area contributed by atoms with Crippen LogP contribution in [0.1, 0.15) is 25.7 Å². The van der Waals surface area contributed by atoms with Gasteiger partial charge in [0.15, 0.2) is 6.04 Å². The molecule has 0 heterocycles. The molecule has 6 heteroatoms. The van der Waals surface area contributed by atoms with Crippen molar-refractivity contribution >= 4 is 12.0 Å². The molecule has 0 spiro atoms. The average molecular weight is 242 g/mol. The summed E-state index contributed by atoms with van der Waals surface area (Å²) in [4.78, 5) is 22.0. The van der Waals surface area contributed by atoms with Crippen molar-refractivity contribution in [2.45, 2.75) is 31.7 Å². The molecule has 0 bridgehead atoms. The SMILES string of the molecule is O=C(NCC1(C2CC2)CC1)N[C@@H](CO)C(=O)O. The number of aliphatic hydroxyl groups excluding tert-OH is 1. The largest absolute Gasteiger partial charge is 0.480 e. The van der Waals surface area contributed by atoms with Gasteiger partial charge in [-0.05, 0) is 37.0 Å². The summed E-state index contributed by atoms with van der Waals surface area (Å²) in [5.74, 6) is -0.484. The third-order valence-corrected chi connectivity index (χ3v) is 3.72. The topological polar surface area (TPSA) is 98.7 Å². The first kappa shape index (κ1) is 12.2. The third-order valence-electron chi connectivity index (χ3n) is 3.72. The summed E-state index contributed by atoms with van der Waals surface area (Å²) < 4.78 is 0. The van der Waals surface area contributed by atoms with Gasteiger partial charge < -0.3 is 20.8 Å². The van der Waals surface area contributed by atoms with Crippen LogP contribution in [0.4, 0.5) is 4.79 Å². The number of hydrogen-bond acceptors (Lipinski definition) is 3. The molecule has 0 aromatic heterocycles. The highest BCUT2D eigenvalue weighted by Gasteiger charge is 2.53. The monoisotopic (exact) mass is 242 g/mol. The van der Waals surface area contributed by atoms with Crippen LogP contribution in [0.2, 0.25) is 0 Å². The molecule has 0 aromatic carbocycles. The van der Waals surface area contributed by atoms with Gasteiger partial charge in [-0.1, -0.05) is 0 Å². The fraction of sp³-hybridized carbons (Fsp3) is 0.818. The molecular formula is C11H18N2O4. The minimum atomic E-state index is -1.23. The van der Waals surface area contributed by atoms with Gasteiger partial charge in [-0.25, -0.2) is 9.59 Å². The van der Waals surface area contributed by atoms with E-state index in [0.717, 1.165) is 18.8 Å².